The molecule has 4 aromatic rings. The van der Waals surface area contributed by atoms with Crippen LogP contribution in [-0.2, 0) is 11.3 Å². The molecular weight excluding hydrogens is 366 g/mol. The van der Waals surface area contributed by atoms with Gasteiger partial charge in [-0.1, -0.05) is 13.8 Å². The van der Waals surface area contributed by atoms with E-state index in [2.05, 4.69) is 39.4 Å². The lowest BCUT2D eigenvalue weighted by atomic mass is 10.1. The summed E-state index contributed by atoms with van der Waals surface area (Å²) < 4.78 is 6.96. The van der Waals surface area contributed by atoms with E-state index in [4.69, 9.17) is 9.72 Å². The standard InChI is InChI=1S/C21H23N7O/c1-14(2)15-9-21(27-23-11-15)26-20-5-4-18-19(25-20)8-16(10-22-18)17-12-24-28(13-17)6-7-29-3/h4-5,8-14H,6-7H2,1-3H3,(H,25,26,27). The summed E-state index contributed by atoms with van der Waals surface area (Å²) in [6.45, 7) is 5.58. The van der Waals surface area contributed by atoms with Gasteiger partial charge in [-0.3, -0.25) is 9.67 Å². The summed E-state index contributed by atoms with van der Waals surface area (Å²) in [5, 5.41) is 15.8. The van der Waals surface area contributed by atoms with Crippen LogP contribution in [-0.4, -0.2) is 43.7 Å². The van der Waals surface area contributed by atoms with E-state index in [0.717, 1.165) is 27.7 Å². The summed E-state index contributed by atoms with van der Waals surface area (Å²) in [6, 6.07) is 7.84. The second kappa shape index (κ2) is 8.32. The van der Waals surface area contributed by atoms with Crippen molar-refractivity contribution in [1.82, 2.24) is 29.9 Å². The minimum atomic E-state index is 0.382. The topological polar surface area (TPSA) is 90.6 Å². The molecule has 4 rings (SSSR count). The van der Waals surface area contributed by atoms with Gasteiger partial charge in [0.1, 0.15) is 5.82 Å². The van der Waals surface area contributed by atoms with Crippen LogP contribution in [0, 0.1) is 0 Å². The van der Waals surface area contributed by atoms with Crippen LogP contribution in [0.4, 0.5) is 11.6 Å². The molecule has 8 heteroatoms. The van der Waals surface area contributed by atoms with Gasteiger partial charge in [0, 0.05) is 30.6 Å². The zero-order valence-electron chi connectivity index (χ0n) is 16.7. The van der Waals surface area contributed by atoms with Crippen molar-refractivity contribution < 1.29 is 4.74 Å². The number of hydrogen-bond donors (Lipinski definition) is 1. The maximum Gasteiger partial charge on any atom is 0.154 e. The van der Waals surface area contributed by atoms with Crippen LogP contribution in [0.15, 0.2) is 49.1 Å². The highest BCUT2D eigenvalue weighted by atomic mass is 16.5. The minimum absolute atomic E-state index is 0.382. The summed E-state index contributed by atoms with van der Waals surface area (Å²) >= 11 is 0. The number of methoxy groups -OCH3 is 1. The zero-order chi connectivity index (χ0) is 20.2. The molecule has 8 nitrogen and oxygen atoms in total. The summed E-state index contributed by atoms with van der Waals surface area (Å²) in [4.78, 5) is 9.23. The van der Waals surface area contributed by atoms with Crippen molar-refractivity contribution in [1.29, 1.82) is 0 Å². The Morgan fingerprint density at radius 3 is 2.76 bits per heavy atom. The second-order valence-electron chi connectivity index (χ2n) is 7.10. The molecule has 0 atom stereocenters. The summed E-state index contributed by atoms with van der Waals surface area (Å²) in [5.74, 6) is 1.75. The molecule has 0 aromatic carbocycles. The Morgan fingerprint density at radius 2 is 1.93 bits per heavy atom. The highest BCUT2D eigenvalue weighted by Gasteiger charge is 2.08. The summed E-state index contributed by atoms with van der Waals surface area (Å²) in [6.07, 6.45) is 7.43. The SMILES string of the molecule is COCCn1cc(-c2cnc3ccc(Nc4cc(C(C)C)cnn4)nc3c2)cn1. The molecule has 4 heterocycles. The molecule has 0 aliphatic carbocycles. The fourth-order valence-electron chi connectivity index (χ4n) is 2.94. The number of ether oxygens (including phenoxy) is 1. The molecule has 29 heavy (non-hydrogen) atoms. The summed E-state index contributed by atoms with van der Waals surface area (Å²) in [7, 11) is 1.68. The lowest BCUT2D eigenvalue weighted by Crippen LogP contribution is -2.03. The molecule has 0 saturated carbocycles. The molecule has 0 unspecified atom stereocenters. The fraction of sp³-hybridized carbons (Fsp3) is 0.286. The Morgan fingerprint density at radius 1 is 1.03 bits per heavy atom. The number of aromatic nitrogens is 6. The first kappa shape index (κ1) is 18.9. The molecule has 0 radical (unpaired) electrons. The summed E-state index contributed by atoms with van der Waals surface area (Å²) in [5.41, 5.74) is 4.70. The molecule has 4 aromatic heterocycles. The molecule has 0 bridgehead atoms. The predicted octanol–water partition coefficient (Wildman–Crippen LogP) is 3.80. The van der Waals surface area contributed by atoms with E-state index in [-0.39, 0.29) is 0 Å². The Balaban J connectivity index is 1.60. The number of anilines is 2. The third-order valence-electron chi connectivity index (χ3n) is 4.63. The Hall–Kier alpha value is -3.39. The lowest BCUT2D eigenvalue weighted by Gasteiger charge is -2.09. The molecule has 1 N–H and O–H groups in total. The minimum Gasteiger partial charge on any atom is -0.383 e. The van der Waals surface area contributed by atoms with Gasteiger partial charge in [0.05, 0.1) is 36.6 Å². The van der Waals surface area contributed by atoms with Crippen molar-refractivity contribution in [2.75, 3.05) is 19.0 Å². The van der Waals surface area contributed by atoms with Gasteiger partial charge < -0.3 is 10.1 Å². The van der Waals surface area contributed by atoms with Gasteiger partial charge in [-0.2, -0.15) is 10.2 Å². The van der Waals surface area contributed by atoms with Crippen molar-refractivity contribution >= 4 is 22.7 Å². The maximum absolute atomic E-state index is 5.10. The van der Waals surface area contributed by atoms with Crippen molar-refractivity contribution in [2.24, 2.45) is 0 Å². The Labute approximate surface area is 169 Å². The molecule has 148 valence electrons. The van der Waals surface area contributed by atoms with Crippen molar-refractivity contribution in [2.45, 2.75) is 26.3 Å². The van der Waals surface area contributed by atoms with Gasteiger partial charge in [-0.05, 0) is 35.7 Å². The first-order chi connectivity index (χ1) is 14.1. The number of hydrogen-bond acceptors (Lipinski definition) is 7. The molecule has 0 aliphatic rings. The van der Waals surface area contributed by atoms with E-state index < -0.39 is 0 Å². The van der Waals surface area contributed by atoms with Crippen LogP contribution >= 0.6 is 0 Å². The number of pyridine rings is 2. The number of fused-ring (bicyclic) bond motifs is 1. The van der Waals surface area contributed by atoms with E-state index in [0.29, 0.717) is 30.7 Å². The number of rotatable bonds is 7. The average Bonchev–Trinajstić information content (AvgIpc) is 3.21. The zero-order valence-corrected chi connectivity index (χ0v) is 16.7. The van der Waals surface area contributed by atoms with Crippen LogP contribution in [0.1, 0.15) is 25.3 Å². The van der Waals surface area contributed by atoms with Crippen LogP contribution in [0.2, 0.25) is 0 Å². The molecule has 0 aliphatic heterocycles. The molecule has 0 amide bonds. The number of nitrogens with zero attached hydrogens (tertiary/aromatic N) is 6. The largest absolute Gasteiger partial charge is 0.383 e. The molecule has 0 saturated heterocycles. The highest BCUT2D eigenvalue weighted by Crippen LogP contribution is 2.24. The van der Waals surface area contributed by atoms with E-state index in [1.807, 2.05) is 47.5 Å². The van der Waals surface area contributed by atoms with E-state index in [1.165, 1.54) is 0 Å². The van der Waals surface area contributed by atoms with Gasteiger partial charge in [-0.25, -0.2) is 4.98 Å². The molecular formula is C21H23N7O. The smallest absolute Gasteiger partial charge is 0.154 e. The van der Waals surface area contributed by atoms with Crippen molar-refractivity contribution in [3.8, 4) is 11.1 Å². The van der Waals surface area contributed by atoms with Crippen LogP contribution < -0.4 is 5.32 Å². The van der Waals surface area contributed by atoms with Gasteiger partial charge in [0.25, 0.3) is 0 Å². The van der Waals surface area contributed by atoms with Crippen LogP contribution in [0.3, 0.4) is 0 Å². The van der Waals surface area contributed by atoms with Crippen LogP contribution in [0.25, 0.3) is 22.2 Å². The third-order valence-corrected chi connectivity index (χ3v) is 4.63. The average molecular weight is 389 g/mol. The maximum atomic E-state index is 5.10. The Bertz CT molecular complexity index is 1120. The van der Waals surface area contributed by atoms with E-state index >= 15 is 0 Å². The first-order valence-corrected chi connectivity index (χ1v) is 9.50. The monoisotopic (exact) mass is 389 g/mol. The van der Waals surface area contributed by atoms with E-state index in [1.54, 1.807) is 13.3 Å². The lowest BCUT2D eigenvalue weighted by molar-refractivity contribution is 0.183. The van der Waals surface area contributed by atoms with Crippen LogP contribution in [0.5, 0.6) is 0 Å². The quantitative estimate of drug-likeness (QED) is 0.514. The van der Waals surface area contributed by atoms with Gasteiger partial charge in [0.2, 0.25) is 0 Å². The van der Waals surface area contributed by atoms with Crippen molar-refractivity contribution in [3.63, 3.8) is 0 Å². The normalized spacial score (nSPS) is 11.3. The number of nitrogens with one attached hydrogen (secondary N) is 1. The molecule has 0 spiro atoms. The third kappa shape index (κ3) is 4.38. The predicted molar refractivity (Wildman–Crippen MR) is 112 cm³/mol. The van der Waals surface area contributed by atoms with Gasteiger partial charge >= 0.3 is 0 Å². The van der Waals surface area contributed by atoms with Gasteiger partial charge in [-0.15, -0.1) is 5.10 Å². The van der Waals surface area contributed by atoms with E-state index in [9.17, 15) is 0 Å². The second-order valence-corrected chi connectivity index (χ2v) is 7.10. The fourth-order valence-corrected chi connectivity index (χ4v) is 2.94. The first-order valence-electron chi connectivity index (χ1n) is 9.50. The highest BCUT2D eigenvalue weighted by molar-refractivity contribution is 5.81. The van der Waals surface area contributed by atoms with Gasteiger partial charge in [0.15, 0.2) is 5.82 Å². The van der Waals surface area contributed by atoms with Crippen molar-refractivity contribution in [3.05, 3.63) is 54.6 Å². The Kier molecular flexibility index (Phi) is 5.44. The molecule has 0 fully saturated rings.